The SMILES string of the molecule is COc1cccc(OC)c1C(=O)NCC1(c2c[nH]c3ccc(Cl)cc23)CC1. The third-order valence-electron chi connectivity index (χ3n) is 5.31. The quantitative estimate of drug-likeness (QED) is 0.666. The maximum absolute atomic E-state index is 12.9. The minimum Gasteiger partial charge on any atom is -0.496 e. The summed E-state index contributed by atoms with van der Waals surface area (Å²) in [6, 6.07) is 11.1. The molecule has 140 valence electrons. The Balaban J connectivity index is 1.58. The Kier molecular flexibility index (Phi) is 4.48. The topological polar surface area (TPSA) is 63.4 Å². The number of nitrogens with one attached hydrogen (secondary N) is 2. The van der Waals surface area contributed by atoms with Gasteiger partial charge >= 0.3 is 0 Å². The molecular formula is C21H21ClN2O3. The van der Waals surface area contributed by atoms with Crippen LogP contribution in [0, 0.1) is 0 Å². The van der Waals surface area contributed by atoms with Gasteiger partial charge in [0.25, 0.3) is 5.91 Å². The van der Waals surface area contributed by atoms with E-state index >= 15 is 0 Å². The van der Waals surface area contributed by atoms with Crippen LogP contribution < -0.4 is 14.8 Å². The lowest BCUT2D eigenvalue weighted by Gasteiger charge is -2.18. The highest BCUT2D eigenvalue weighted by molar-refractivity contribution is 6.31. The zero-order chi connectivity index (χ0) is 19.0. The van der Waals surface area contributed by atoms with Gasteiger partial charge in [-0.15, -0.1) is 0 Å². The van der Waals surface area contributed by atoms with Crippen LogP contribution in [0.3, 0.4) is 0 Å². The van der Waals surface area contributed by atoms with Gasteiger partial charge in [0, 0.05) is 34.1 Å². The molecule has 0 radical (unpaired) electrons. The number of fused-ring (bicyclic) bond motifs is 1. The van der Waals surface area contributed by atoms with Crippen molar-refractivity contribution in [2.45, 2.75) is 18.3 Å². The second-order valence-electron chi connectivity index (χ2n) is 6.89. The molecule has 0 spiro atoms. The standard InChI is InChI=1S/C21H21ClN2O3/c1-26-17-4-3-5-18(27-2)19(17)20(25)24-12-21(8-9-21)15-11-23-16-7-6-13(22)10-14(15)16/h3-7,10-11,23H,8-9,12H2,1-2H3,(H,24,25). The molecule has 6 heteroatoms. The molecular weight excluding hydrogens is 364 g/mol. The van der Waals surface area contributed by atoms with Gasteiger partial charge in [0.2, 0.25) is 0 Å². The Morgan fingerprint density at radius 2 is 1.89 bits per heavy atom. The van der Waals surface area contributed by atoms with E-state index in [0.717, 1.165) is 23.7 Å². The fourth-order valence-electron chi connectivity index (χ4n) is 3.64. The van der Waals surface area contributed by atoms with Gasteiger partial charge in [-0.05, 0) is 48.7 Å². The van der Waals surface area contributed by atoms with Crippen molar-refractivity contribution in [1.82, 2.24) is 10.3 Å². The van der Waals surface area contributed by atoms with Crippen molar-refractivity contribution in [3.8, 4) is 11.5 Å². The van der Waals surface area contributed by atoms with Crippen LogP contribution in [0.15, 0.2) is 42.6 Å². The van der Waals surface area contributed by atoms with Gasteiger partial charge in [-0.2, -0.15) is 0 Å². The lowest BCUT2D eigenvalue weighted by molar-refractivity contribution is 0.0943. The van der Waals surface area contributed by atoms with E-state index in [4.69, 9.17) is 21.1 Å². The van der Waals surface area contributed by atoms with Crippen molar-refractivity contribution in [3.05, 3.63) is 58.7 Å². The number of hydrogen-bond acceptors (Lipinski definition) is 3. The number of carbonyl (C=O) groups is 1. The van der Waals surface area contributed by atoms with Crippen molar-refractivity contribution in [2.75, 3.05) is 20.8 Å². The lowest BCUT2D eigenvalue weighted by Crippen LogP contribution is -2.32. The molecule has 1 fully saturated rings. The number of halogens is 1. The summed E-state index contributed by atoms with van der Waals surface area (Å²) in [5.74, 6) is 0.791. The number of amides is 1. The summed E-state index contributed by atoms with van der Waals surface area (Å²) < 4.78 is 10.7. The first-order valence-corrected chi connectivity index (χ1v) is 9.22. The molecule has 1 saturated carbocycles. The predicted molar refractivity (Wildman–Crippen MR) is 106 cm³/mol. The Hall–Kier alpha value is -2.66. The van der Waals surface area contributed by atoms with Crippen molar-refractivity contribution in [2.24, 2.45) is 0 Å². The fraction of sp³-hybridized carbons (Fsp3) is 0.286. The zero-order valence-electron chi connectivity index (χ0n) is 15.3. The number of rotatable bonds is 6. The Morgan fingerprint density at radius 1 is 1.19 bits per heavy atom. The molecule has 2 aromatic carbocycles. The number of carbonyl (C=O) groups excluding carboxylic acids is 1. The monoisotopic (exact) mass is 384 g/mol. The van der Waals surface area contributed by atoms with Crippen molar-refractivity contribution < 1.29 is 14.3 Å². The number of H-pyrrole nitrogens is 1. The van der Waals surface area contributed by atoms with Crippen LogP contribution >= 0.6 is 11.6 Å². The van der Waals surface area contributed by atoms with E-state index in [2.05, 4.69) is 10.3 Å². The minimum atomic E-state index is -0.201. The Morgan fingerprint density at radius 3 is 2.52 bits per heavy atom. The van der Waals surface area contributed by atoms with Gasteiger partial charge in [-0.25, -0.2) is 0 Å². The average molecular weight is 385 g/mol. The van der Waals surface area contributed by atoms with Gasteiger partial charge < -0.3 is 19.8 Å². The largest absolute Gasteiger partial charge is 0.496 e. The summed E-state index contributed by atoms with van der Waals surface area (Å²) in [5.41, 5.74) is 2.61. The van der Waals surface area contributed by atoms with Crippen LogP contribution in [-0.2, 0) is 5.41 Å². The van der Waals surface area contributed by atoms with Crippen LogP contribution in [0.4, 0.5) is 0 Å². The summed E-state index contributed by atoms with van der Waals surface area (Å²) in [6.07, 6.45) is 4.08. The number of hydrogen-bond donors (Lipinski definition) is 2. The molecule has 1 amide bonds. The molecule has 0 atom stereocenters. The average Bonchev–Trinajstić information content (AvgIpc) is 3.36. The molecule has 1 aromatic heterocycles. The Bertz CT molecular complexity index is 986. The molecule has 0 saturated heterocycles. The third kappa shape index (κ3) is 3.12. The van der Waals surface area contributed by atoms with Crippen LogP contribution in [0.2, 0.25) is 5.02 Å². The highest BCUT2D eigenvalue weighted by Gasteiger charge is 2.46. The van der Waals surface area contributed by atoms with E-state index < -0.39 is 0 Å². The maximum atomic E-state index is 12.9. The number of benzene rings is 2. The highest BCUT2D eigenvalue weighted by atomic mass is 35.5. The molecule has 0 aliphatic heterocycles. The van der Waals surface area contributed by atoms with E-state index in [1.165, 1.54) is 5.56 Å². The fourth-order valence-corrected chi connectivity index (χ4v) is 3.81. The molecule has 0 unspecified atom stereocenters. The summed E-state index contributed by atoms with van der Waals surface area (Å²) in [7, 11) is 3.09. The van der Waals surface area contributed by atoms with E-state index in [0.29, 0.717) is 28.6 Å². The molecule has 2 N–H and O–H groups in total. The molecule has 1 aliphatic carbocycles. The number of aromatic nitrogens is 1. The molecule has 1 aliphatic rings. The van der Waals surface area contributed by atoms with Gasteiger partial charge in [0.1, 0.15) is 17.1 Å². The van der Waals surface area contributed by atoms with E-state index in [1.807, 2.05) is 24.4 Å². The normalized spacial score (nSPS) is 14.8. The second-order valence-corrected chi connectivity index (χ2v) is 7.33. The van der Waals surface area contributed by atoms with E-state index in [9.17, 15) is 4.79 Å². The first-order chi connectivity index (χ1) is 13.1. The van der Waals surface area contributed by atoms with Crippen molar-refractivity contribution >= 4 is 28.4 Å². The molecule has 0 bridgehead atoms. The second kappa shape index (κ2) is 6.82. The van der Waals surface area contributed by atoms with Gasteiger partial charge in [-0.1, -0.05) is 17.7 Å². The van der Waals surface area contributed by atoms with Gasteiger partial charge in [0.15, 0.2) is 0 Å². The minimum absolute atomic E-state index is 0.0617. The molecule has 1 heterocycles. The third-order valence-corrected chi connectivity index (χ3v) is 5.55. The summed E-state index contributed by atoms with van der Waals surface area (Å²) in [4.78, 5) is 16.2. The van der Waals surface area contributed by atoms with Gasteiger partial charge in [-0.3, -0.25) is 4.79 Å². The number of ether oxygens (including phenoxy) is 2. The summed E-state index contributed by atoms with van der Waals surface area (Å²) >= 11 is 6.18. The van der Waals surface area contributed by atoms with E-state index in [1.54, 1.807) is 32.4 Å². The smallest absolute Gasteiger partial charge is 0.258 e. The molecule has 5 nitrogen and oxygen atoms in total. The number of aromatic amines is 1. The van der Waals surface area contributed by atoms with E-state index in [-0.39, 0.29) is 11.3 Å². The summed E-state index contributed by atoms with van der Waals surface area (Å²) in [6.45, 7) is 0.548. The van der Waals surface area contributed by atoms with Gasteiger partial charge in [0.05, 0.1) is 14.2 Å². The van der Waals surface area contributed by atoms with Crippen molar-refractivity contribution in [3.63, 3.8) is 0 Å². The molecule has 27 heavy (non-hydrogen) atoms. The zero-order valence-corrected chi connectivity index (χ0v) is 16.0. The number of methoxy groups -OCH3 is 2. The Labute approximate surface area is 162 Å². The van der Waals surface area contributed by atoms with Crippen LogP contribution in [-0.4, -0.2) is 31.7 Å². The van der Waals surface area contributed by atoms with Crippen molar-refractivity contribution in [1.29, 1.82) is 0 Å². The summed E-state index contributed by atoms with van der Waals surface area (Å²) in [5, 5.41) is 4.90. The van der Waals surface area contributed by atoms with Crippen LogP contribution in [0.25, 0.3) is 10.9 Å². The first kappa shape index (κ1) is 17.7. The predicted octanol–water partition coefficient (Wildman–Crippen LogP) is 4.30. The highest BCUT2D eigenvalue weighted by Crippen LogP contribution is 2.50. The maximum Gasteiger partial charge on any atom is 0.258 e. The first-order valence-electron chi connectivity index (χ1n) is 8.84. The molecule has 4 rings (SSSR count). The molecule has 3 aromatic rings. The van der Waals surface area contributed by atoms with Crippen LogP contribution in [0.5, 0.6) is 11.5 Å². The lowest BCUT2D eigenvalue weighted by atomic mass is 9.95. The van der Waals surface area contributed by atoms with Crippen LogP contribution in [0.1, 0.15) is 28.8 Å².